The lowest BCUT2D eigenvalue weighted by atomic mass is 10.2. The minimum atomic E-state index is 0.379. The van der Waals surface area contributed by atoms with Crippen molar-refractivity contribution in [1.29, 1.82) is 0 Å². The Morgan fingerprint density at radius 2 is 2.47 bits per heavy atom. The number of nitrogens with zero attached hydrogens (tertiary/aromatic N) is 4. The molecule has 0 unspecified atom stereocenters. The maximum Gasteiger partial charge on any atom is 0.182 e. The lowest BCUT2D eigenvalue weighted by molar-refractivity contribution is 0.583. The Bertz CT molecular complexity index is 484. The molecule has 78 valence electrons. The normalized spacial score (nSPS) is 21.3. The molecule has 0 aliphatic carbocycles. The molecule has 2 aromatic heterocycles. The fourth-order valence-electron chi connectivity index (χ4n) is 2.17. The summed E-state index contributed by atoms with van der Waals surface area (Å²) in [5.74, 6) is 1.07. The molecule has 5 nitrogen and oxygen atoms in total. The van der Waals surface area contributed by atoms with Crippen molar-refractivity contribution in [3.8, 4) is 0 Å². The Balaban J connectivity index is 2.14. The van der Waals surface area contributed by atoms with E-state index in [0.717, 1.165) is 30.0 Å². The molecule has 1 saturated heterocycles. The Kier molecular flexibility index (Phi) is 1.92. The van der Waals surface area contributed by atoms with Crippen LogP contribution in [0.4, 0.5) is 0 Å². The highest BCUT2D eigenvalue weighted by Gasteiger charge is 2.22. The SMILES string of the molecule is Cn1c([C@@H]2CCCN2)nc2ccnnc21. The lowest BCUT2D eigenvalue weighted by Crippen LogP contribution is -2.16. The molecule has 0 amide bonds. The summed E-state index contributed by atoms with van der Waals surface area (Å²) in [6.45, 7) is 1.08. The second-order valence-corrected chi connectivity index (χ2v) is 3.92. The minimum Gasteiger partial charge on any atom is -0.313 e. The fourth-order valence-corrected chi connectivity index (χ4v) is 2.17. The van der Waals surface area contributed by atoms with Gasteiger partial charge in [0.05, 0.1) is 12.2 Å². The number of fused-ring (bicyclic) bond motifs is 1. The molecular weight excluding hydrogens is 190 g/mol. The van der Waals surface area contributed by atoms with Crippen LogP contribution in [-0.2, 0) is 7.05 Å². The molecule has 15 heavy (non-hydrogen) atoms. The maximum atomic E-state index is 4.59. The molecule has 0 radical (unpaired) electrons. The summed E-state index contributed by atoms with van der Waals surface area (Å²) in [4.78, 5) is 4.59. The van der Waals surface area contributed by atoms with Crippen molar-refractivity contribution in [2.45, 2.75) is 18.9 Å². The van der Waals surface area contributed by atoms with Crippen molar-refractivity contribution in [2.24, 2.45) is 7.05 Å². The molecule has 2 aromatic rings. The monoisotopic (exact) mass is 203 g/mol. The third-order valence-electron chi connectivity index (χ3n) is 2.95. The van der Waals surface area contributed by atoms with E-state index in [-0.39, 0.29) is 0 Å². The number of imidazole rings is 1. The van der Waals surface area contributed by atoms with Crippen LogP contribution < -0.4 is 5.32 Å². The van der Waals surface area contributed by atoms with Crippen LogP contribution in [0, 0.1) is 0 Å². The Morgan fingerprint density at radius 3 is 3.20 bits per heavy atom. The summed E-state index contributed by atoms with van der Waals surface area (Å²) >= 11 is 0. The van der Waals surface area contributed by atoms with E-state index in [1.165, 1.54) is 6.42 Å². The number of rotatable bonds is 1. The van der Waals surface area contributed by atoms with Gasteiger partial charge in [0.15, 0.2) is 5.65 Å². The molecule has 3 rings (SSSR count). The van der Waals surface area contributed by atoms with Crippen molar-refractivity contribution in [3.63, 3.8) is 0 Å². The molecule has 1 atom stereocenters. The molecule has 0 spiro atoms. The average Bonchev–Trinajstić information content (AvgIpc) is 2.87. The van der Waals surface area contributed by atoms with E-state index in [1.54, 1.807) is 6.20 Å². The van der Waals surface area contributed by atoms with E-state index < -0.39 is 0 Å². The molecular formula is C10H13N5. The van der Waals surface area contributed by atoms with E-state index in [2.05, 4.69) is 20.5 Å². The third kappa shape index (κ3) is 1.31. The number of nitrogens with one attached hydrogen (secondary N) is 1. The van der Waals surface area contributed by atoms with E-state index >= 15 is 0 Å². The average molecular weight is 203 g/mol. The van der Waals surface area contributed by atoms with Gasteiger partial charge in [-0.1, -0.05) is 0 Å². The minimum absolute atomic E-state index is 0.379. The summed E-state index contributed by atoms with van der Waals surface area (Å²) in [5, 5.41) is 11.4. The number of aromatic nitrogens is 4. The topological polar surface area (TPSA) is 55.6 Å². The van der Waals surface area contributed by atoms with Crippen molar-refractivity contribution in [2.75, 3.05) is 6.54 Å². The maximum absolute atomic E-state index is 4.59. The first-order chi connectivity index (χ1) is 7.36. The van der Waals surface area contributed by atoms with Crippen molar-refractivity contribution >= 4 is 11.2 Å². The smallest absolute Gasteiger partial charge is 0.182 e. The summed E-state index contributed by atoms with van der Waals surface area (Å²) < 4.78 is 2.03. The summed E-state index contributed by atoms with van der Waals surface area (Å²) in [6, 6.07) is 2.28. The van der Waals surface area contributed by atoms with Gasteiger partial charge >= 0.3 is 0 Å². The van der Waals surface area contributed by atoms with Gasteiger partial charge < -0.3 is 9.88 Å². The molecule has 5 heteroatoms. The van der Waals surface area contributed by atoms with Crippen molar-refractivity contribution < 1.29 is 0 Å². The van der Waals surface area contributed by atoms with Crippen LogP contribution in [0.2, 0.25) is 0 Å². The van der Waals surface area contributed by atoms with Gasteiger partial charge in [0.1, 0.15) is 11.3 Å². The van der Waals surface area contributed by atoms with Crippen LogP contribution in [0.15, 0.2) is 12.3 Å². The fraction of sp³-hybridized carbons (Fsp3) is 0.500. The highest BCUT2D eigenvalue weighted by Crippen LogP contribution is 2.24. The predicted octanol–water partition coefficient (Wildman–Crippen LogP) is 0.788. The summed E-state index contributed by atoms with van der Waals surface area (Å²) in [5.41, 5.74) is 1.79. The highest BCUT2D eigenvalue weighted by molar-refractivity contribution is 5.70. The molecule has 1 aliphatic rings. The van der Waals surface area contributed by atoms with E-state index in [0.29, 0.717) is 6.04 Å². The molecule has 0 aromatic carbocycles. The Morgan fingerprint density at radius 1 is 1.53 bits per heavy atom. The zero-order valence-electron chi connectivity index (χ0n) is 8.64. The van der Waals surface area contributed by atoms with E-state index in [9.17, 15) is 0 Å². The quantitative estimate of drug-likeness (QED) is 0.744. The summed E-state index contributed by atoms with van der Waals surface area (Å²) in [7, 11) is 2.00. The third-order valence-corrected chi connectivity index (χ3v) is 2.95. The summed E-state index contributed by atoms with van der Waals surface area (Å²) in [6.07, 6.45) is 4.06. The molecule has 1 aliphatic heterocycles. The second kappa shape index (κ2) is 3.27. The van der Waals surface area contributed by atoms with Crippen LogP contribution >= 0.6 is 0 Å². The van der Waals surface area contributed by atoms with Crippen LogP contribution in [-0.4, -0.2) is 26.3 Å². The molecule has 1 fully saturated rings. The first kappa shape index (κ1) is 8.79. The van der Waals surface area contributed by atoms with Gasteiger partial charge in [0, 0.05) is 7.05 Å². The van der Waals surface area contributed by atoms with Gasteiger partial charge in [0.2, 0.25) is 0 Å². The first-order valence-corrected chi connectivity index (χ1v) is 5.23. The lowest BCUT2D eigenvalue weighted by Gasteiger charge is -2.08. The van der Waals surface area contributed by atoms with Crippen molar-refractivity contribution in [3.05, 3.63) is 18.1 Å². The largest absolute Gasteiger partial charge is 0.313 e. The molecule has 1 N–H and O–H groups in total. The zero-order chi connectivity index (χ0) is 10.3. The molecule has 0 bridgehead atoms. The standard InChI is InChI=1S/C10H13N5/c1-15-9(7-3-2-5-11-7)13-8-4-6-12-14-10(8)15/h4,6-7,11H,2-3,5H2,1H3/t7-/m0/s1. The first-order valence-electron chi connectivity index (χ1n) is 5.23. The zero-order valence-corrected chi connectivity index (χ0v) is 8.64. The van der Waals surface area contributed by atoms with E-state index in [1.807, 2.05) is 17.7 Å². The van der Waals surface area contributed by atoms with Crippen LogP contribution in [0.3, 0.4) is 0 Å². The van der Waals surface area contributed by atoms with Gasteiger partial charge in [-0.2, -0.15) is 5.10 Å². The van der Waals surface area contributed by atoms with Gasteiger partial charge in [-0.05, 0) is 25.5 Å². The van der Waals surface area contributed by atoms with E-state index in [4.69, 9.17) is 0 Å². The Labute approximate surface area is 87.5 Å². The van der Waals surface area contributed by atoms with Crippen LogP contribution in [0.25, 0.3) is 11.2 Å². The number of aryl methyl sites for hydroxylation is 1. The molecule has 0 saturated carbocycles. The van der Waals surface area contributed by atoms with Gasteiger partial charge in [0.25, 0.3) is 0 Å². The number of hydrogen-bond donors (Lipinski definition) is 1. The Hall–Kier alpha value is -1.49. The van der Waals surface area contributed by atoms with Gasteiger partial charge in [-0.15, -0.1) is 5.10 Å². The second-order valence-electron chi connectivity index (χ2n) is 3.92. The van der Waals surface area contributed by atoms with Crippen LogP contribution in [0.1, 0.15) is 24.7 Å². The van der Waals surface area contributed by atoms with Gasteiger partial charge in [-0.3, -0.25) is 0 Å². The molecule has 3 heterocycles. The van der Waals surface area contributed by atoms with Crippen LogP contribution in [0.5, 0.6) is 0 Å². The number of hydrogen-bond acceptors (Lipinski definition) is 4. The van der Waals surface area contributed by atoms with Crippen molar-refractivity contribution in [1.82, 2.24) is 25.1 Å². The highest BCUT2D eigenvalue weighted by atomic mass is 15.2. The predicted molar refractivity (Wildman–Crippen MR) is 56.3 cm³/mol. The van der Waals surface area contributed by atoms with Gasteiger partial charge in [-0.25, -0.2) is 4.98 Å².